The topological polar surface area (TPSA) is 187 Å². The number of carbonyl (C=O) groups excluding carboxylic acids is 3. The molecule has 370 valence electrons. The van der Waals surface area contributed by atoms with Crippen molar-refractivity contribution in [1.82, 2.24) is 39.7 Å². The highest BCUT2D eigenvalue weighted by atomic mass is 35.5. The Morgan fingerprint density at radius 2 is 1.71 bits per heavy atom. The van der Waals surface area contributed by atoms with E-state index in [-0.39, 0.29) is 60.9 Å². The van der Waals surface area contributed by atoms with Crippen LogP contribution in [0.1, 0.15) is 86.1 Å². The molecule has 2 amide bonds. The molecule has 2 aliphatic heterocycles. The molecule has 2 aliphatic rings. The van der Waals surface area contributed by atoms with Gasteiger partial charge in [-0.25, -0.2) is 9.97 Å². The zero-order chi connectivity index (χ0) is 50.6. The molecule has 6 heterocycles. The molecule has 0 saturated carbocycles. The summed E-state index contributed by atoms with van der Waals surface area (Å²) < 4.78 is 3.47. The van der Waals surface area contributed by atoms with Gasteiger partial charge in [-0.05, 0) is 103 Å². The number of aromatic nitrogens is 6. The molecule has 0 aliphatic carbocycles. The van der Waals surface area contributed by atoms with Crippen LogP contribution in [0.3, 0.4) is 0 Å². The van der Waals surface area contributed by atoms with Crippen LogP contribution in [0, 0.1) is 24.2 Å². The maximum Gasteiger partial charge on any atom is 0.251 e. The van der Waals surface area contributed by atoms with E-state index in [1.807, 2.05) is 101 Å². The highest BCUT2D eigenvalue weighted by Crippen LogP contribution is 2.34. The number of aliphatic hydroxyl groups excluding tert-OH is 1. The number of β-amino-alcohol motifs (C(OH)–C–C–N with tert-alkyl or cyclic N) is 1. The van der Waals surface area contributed by atoms with Gasteiger partial charge in [-0.2, -0.15) is 15.5 Å². The Morgan fingerprint density at radius 1 is 0.931 bits per heavy atom. The first-order chi connectivity index (χ1) is 34.7. The molecule has 2 saturated heterocycles. The highest BCUT2D eigenvalue weighted by Gasteiger charge is 2.42. The van der Waals surface area contributed by atoms with E-state index in [1.54, 1.807) is 50.1 Å². The van der Waals surface area contributed by atoms with Crippen molar-refractivity contribution in [3.05, 3.63) is 143 Å². The number of hydrogen-bond acceptors (Lipinski definition) is 12. The van der Waals surface area contributed by atoms with E-state index < -0.39 is 18.2 Å². The van der Waals surface area contributed by atoms with Gasteiger partial charge in [0, 0.05) is 85.5 Å². The van der Waals surface area contributed by atoms with Crippen LogP contribution >= 0.6 is 22.9 Å². The number of benzene rings is 3. The van der Waals surface area contributed by atoms with Gasteiger partial charge in [-0.1, -0.05) is 62.7 Å². The van der Waals surface area contributed by atoms with Crippen molar-refractivity contribution in [3.63, 3.8) is 0 Å². The number of likely N-dealkylation sites (tertiary alicyclic amines) is 1. The van der Waals surface area contributed by atoms with Gasteiger partial charge in [0.05, 0.1) is 57.2 Å². The summed E-state index contributed by atoms with van der Waals surface area (Å²) >= 11 is 7.83. The normalized spacial score (nSPS) is 18.0. The van der Waals surface area contributed by atoms with Crippen molar-refractivity contribution >= 4 is 52.0 Å². The van der Waals surface area contributed by atoms with Gasteiger partial charge < -0.3 is 25.5 Å². The molecular weight excluding hydrogens is 946 g/mol. The summed E-state index contributed by atoms with van der Waals surface area (Å²) in [7, 11) is 0. The molecular formula is C55H58ClN11O4S. The number of nitrogens with zero attached hydrogens (tertiary/aromatic N) is 9. The molecule has 3 aromatic carbocycles. The Balaban J connectivity index is 0.776. The SMILES string of the molecule is Cc1ncsc1-c1ccc([C@H](C)CC(=O)C2C[C@@H](O)CN2C(=O)[C@H](C(C)C)n2cc(-c3ccnc(N4CCC(Nc5ccc(C(=O)N[C@@H](C)Cn6ccc(-c7ccc(C#N)c(Cl)c7)n6)cc5)C4)c3)cn2)cc1. The molecule has 3 N–H and O–H groups in total. The molecule has 2 fully saturated rings. The van der Waals surface area contributed by atoms with Gasteiger partial charge >= 0.3 is 0 Å². The zero-order valence-electron chi connectivity index (χ0n) is 40.9. The molecule has 0 bridgehead atoms. The first-order valence-corrected chi connectivity index (χ1v) is 25.6. The Labute approximate surface area is 428 Å². The molecule has 0 radical (unpaired) electrons. The van der Waals surface area contributed by atoms with Crippen LogP contribution < -0.4 is 15.5 Å². The minimum Gasteiger partial charge on any atom is -0.391 e. The van der Waals surface area contributed by atoms with E-state index >= 15 is 0 Å². The fraction of sp³-hybridized carbons (Fsp3) is 0.345. The number of amides is 2. The second kappa shape index (κ2) is 21.7. The number of nitriles is 1. The summed E-state index contributed by atoms with van der Waals surface area (Å²) in [5.74, 6) is 0.161. The monoisotopic (exact) mass is 1000 g/mol. The van der Waals surface area contributed by atoms with Crippen molar-refractivity contribution in [2.24, 2.45) is 5.92 Å². The first-order valence-electron chi connectivity index (χ1n) is 24.4. The van der Waals surface area contributed by atoms with Crippen LogP contribution in [0.5, 0.6) is 0 Å². The van der Waals surface area contributed by atoms with Gasteiger partial charge in [0.25, 0.3) is 5.91 Å². The number of aliphatic hydroxyl groups is 1. The van der Waals surface area contributed by atoms with Crippen molar-refractivity contribution in [2.75, 3.05) is 29.9 Å². The van der Waals surface area contributed by atoms with E-state index in [2.05, 4.69) is 56.0 Å². The zero-order valence-corrected chi connectivity index (χ0v) is 42.5. The van der Waals surface area contributed by atoms with Crippen LogP contribution in [-0.2, 0) is 16.1 Å². The second-order valence-electron chi connectivity index (χ2n) is 19.4. The Morgan fingerprint density at radius 3 is 2.43 bits per heavy atom. The lowest BCUT2D eigenvalue weighted by Crippen LogP contribution is -2.45. The fourth-order valence-corrected chi connectivity index (χ4v) is 10.8. The first kappa shape index (κ1) is 49.8. The molecule has 4 aromatic heterocycles. The van der Waals surface area contributed by atoms with Crippen LogP contribution in [0.4, 0.5) is 11.5 Å². The van der Waals surface area contributed by atoms with Crippen LogP contribution in [0.15, 0.2) is 115 Å². The Kier molecular flexibility index (Phi) is 15.0. The molecule has 9 rings (SSSR count). The van der Waals surface area contributed by atoms with E-state index in [1.165, 1.54) is 0 Å². The summed E-state index contributed by atoms with van der Waals surface area (Å²) in [6, 6.07) is 27.4. The number of aryl methyl sites for hydroxylation is 1. The molecule has 7 aromatic rings. The third-order valence-electron chi connectivity index (χ3n) is 13.7. The van der Waals surface area contributed by atoms with Gasteiger partial charge in [-0.15, -0.1) is 11.3 Å². The van der Waals surface area contributed by atoms with Crippen molar-refractivity contribution < 1.29 is 19.5 Å². The second-order valence-corrected chi connectivity index (χ2v) is 20.7. The van der Waals surface area contributed by atoms with Gasteiger partial charge in [0.2, 0.25) is 5.91 Å². The molecule has 15 nitrogen and oxygen atoms in total. The van der Waals surface area contributed by atoms with Crippen molar-refractivity contribution in [3.8, 4) is 38.9 Å². The Hall–Kier alpha value is -7.19. The standard InChI is InChI=1S/C55H58ClN11O4S/c1-33(2)52(55(71)66-31-46(68)25-49(66)50(69)22-34(3)37-6-8-38(9-7-37)53-36(5)59-32-72-53)67-29-43(27-60-67)40-16-19-58-51(24-40)64-20-17-45(30-64)62-44-14-12-39(13-15-44)54(70)61-35(4)28-65-21-18-48(63-65)41-10-11-42(26-57)47(56)23-41/h6-16,18-19,21,23-24,27,29,32-35,45-46,49,52,62,68H,17,20,22,25,28,30-31H2,1-5H3,(H,61,70)/t34-,35+,45?,46-,49?,52+/m1/s1. The maximum atomic E-state index is 14.5. The van der Waals surface area contributed by atoms with Gasteiger partial charge in [0.15, 0.2) is 5.78 Å². The molecule has 17 heteroatoms. The highest BCUT2D eigenvalue weighted by molar-refractivity contribution is 7.13. The van der Waals surface area contributed by atoms with Crippen molar-refractivity contribution in [1.29, 1.82) is 5.26 Å². The summed E-state index contributed by atoms with van der Waals surface area (Å²) in [6.45, 7) is 12.0. The number of thiazole rings is 1. The Bertz CT molecular complexity index is 3110. The lowest BCUT2D eigenvalue weighted by Gasteiger charge is -2.30. The lowest BCUT2D eigenvalue weighted by atomic mass is 9.91. The van der Waals surface area contributed by atoms with Gasteiger partial charge in [-0.3, -0.25) is 23.7 Å². The van der Waals surface area contributed by atoms with E-state index in [4.69, 9.17) is 21.7 Å². The molecule has 72 heavy (non-hydrogen) atoms. The van der Waals surface area contributed by atoms with E-state index in [0.29, 0.717) is 22.7 Å². The van der Waals surface area contributed by atoms with Crippen LogP contribution in [0.2, 0.25) is 5.02 Å². The quantitative estimate of drug-likeness (QED) is 0.0790. The molecule has 0 spiro atoms. The summed E-state index contributed by atoms with van der Waals surface area (Å²) in [6.07, 6.45) is 7.86. The third kappa shape index (κ3) is 11.1. The van der Waals surface area contributed by atoms with Crippen molar-refractivity contribution in [2.45, 2.75) is 96.6 Å². The van der Waals surface area contributed by atoms with Crippen LogP contribution in [-0.4, -0.2) is 101 Å². The number of nitrogens with one attached hydrogen (secondary N) is 2. The lowest BCUT2D eigenvalue weighted by molar-refractivity contribution is -0.142. The minimum absolute atomic E-state index is 0.0571. The number of carbonyl (C=O) groups is 3. The smallest absolute Gasteiger partial charge is 0.251 e. The third-order valence-corrected chi connectivity index (χ3v) is 15.0. The van der Waals surface area contributed by atoms with Crippen LogP contribution in [0.25, 0.3) is 32.8 Å². The average molecular weight is 1000 g/mol. The van der Waals surface area contributed by atoms with Gasteiger partial charge in [0.1, 0.15) is 17.9 Å². The van der Waals surface area contributed by atoms with E-state index in [0.717, 1.165) is 75.1 Å². The molecule has 6 atom stereocenters. The summed E-state index contributed by atoms with van der Waals surface area (Å²) in [4.78, 5) is 55.6. The number of anilines is 2. The average Bonchev–Trinajstić information content (AvgIpc) is 4.24. The predicted molar refractivity (Wildman–Crippen MR) is 281 cm³/mol. The fourth-order valence-electron chi connectivity index (χ4n) is 9.80. The summed E-state index contributed by atoms with van der Waals surface area (Å²) in [5.41, 5.74) is 10.1. The largest absolute Gasteiger partial charge is 0.391 e. The number of ketones is 1. The summed E-state index contributed by atoms with van der Waals surface area (Å²) in [5, 5.41) is 36.4. The number of hydrogen-bond donors (Lipinski definition) is 3. The number of rotatable bonds is 17. The van der Waals surface area contributed by atoms with E-state index in [9.17, 15) is 24.8 Å². The minimum atomic E-state index is -0.786. The maximum absolute atomic E-state index is 14.5. The number of pyridine rings is 1. The molecule has 2 unspecified atom stereocenters. The number of halogens is 1. The predicted octanol–water partition coefficient (Wildman–Crippen LogP) is 9.20. The number of Topliss-reactive ketones (excluding diaryl/α,β-unsaturated/α-hetero) is 1.